The van der Waals surface area contributed by atoms with Crippen LogP contribution in [0, 0.1) is 29.6 Å². The van der Waals surface area contributed by atoms with Gasteiger partial charge in [-0.1, -0.05) is 19.8 Å². The van der Waals surface area contributed by atoms with Gasteiger partial charge in [0.1, 0.15) is 0 Å². The molecule has 2 saturated carbocycles. The zero-order chi connectivity index (χ0) is 14.3. The number of carbonyl (C=O) groups is 2. The zero-order valence-corrected chi connectivity index (χ0v) is 12.3. The summed E-state index contributed by atoms with van der Waals surface area (Å²) in [6.45, 7) is 3.30. The Bertz CT molecular complexity index is 405. The van der Waals surface area contributed by atoms with Crippen molar-refractivity contribution in [1.82, 2.24) is 4.90 Å². The molecule has 3 fully saturated rings. The second kappa shape index (κ2) is 5.38. The number of carbonyl (C=O) groups excluding carboxylic acids is 1. The van der Waals surface area contributed by atoms with Crippen LogP contribution in [0.3, 0.4) is 0 Å². The van der Waals surface area contributed by atoms with E-state index in [0.717, 1.165) is 32.1 Å². The molecule has 1 N–H and O–H groups in total. The molecule has 4 atom stereocenters. The minimum absolute atomic E-state index is 0.135. The third-order valence-corrected chi connectivity index (χ3v) is 5.65. The fourth-order valence-electron chi connectivity index (χ4n) is 4.19. The quantitative estimate of drug-likeness (QED) is 0.863. The van der Waals surface area contributed by atoms with Crippen molar-refractivity contribution in [3.63, 3.8) is 0 Å². The van der Waals surface area contributed by atoms with Crippen molar-refractivity contribution in [2.45, 2.75) is 45.4 Å². The summed E-state index contributed by atoms with van der Waals surface area (Å²) >= 11 is 0. The minimum Gasteiger partial charge on any atom is -0.481 e. The average Bonchev–Trinajstić information content (AvgIpc) is 3.17. The van der Waals surface area contributed by atoms with Crippen molar-refractivity contribution in [2.24, 2.45) is 29.6 Å². The lowest BCUT2D eigenvalue weighted by atomic mass is 9.79. The first-order valence-electron chi connectivity index (χ1n) is 8.09. The van der Waals surface area contributed by atoms with E-state index in [9.17, 15) is 14.7 Å². The average molecular weight is 279 g/mol. The molecule has 4 nitrogen and oxygen atoms in total. The first-order chi connectivity index (χ1) is 9.58. The molecule has 0 aromatic carbocycles. The first-order valence-corrected chi connectivity index (χ1v) is 8.09. The number of amides is 1. The molecule has 0 aromatic rings. The highest BCUT2D eigenvalue weighted by molar-refractivity contribution is 5.81. The Labute approximate surface area is 120 Å². The van der Waals surface area contributed by atoms with E-state index in [1.165, 1.54) is 6.42 Å². The van der Waals surface area contributed by atoms with Gasteiger partial charge >= 0.3 is 5.97 Å². The van der Waals surface area contributed by atoms with E-state index in [0.29, 0.717) is 24.9 Å². The zero-order valence-electron chi connectivity index (χ0n) is 12.3. The number of hydrogen-bond donors (Lipinski definition) is 1. The monoisotopic (exact) mass is 279 g/mol. The van der Waals surface area contributed by atoms with Gasteiger partial charge < -0.3 is 10.0 Å². The topological polar surface area (TPSA) is 57.6 Å². The Morgan fingerprint density at radius 3 is 2.30 bits per heavy atom. The Morgan fingerprint density at radius 2 is 1.70 bits per heavy atom. The van der Waals surface area contributed by atoms with Crippen LogP contribution in [-0.2, 0) is 9.59 Å². The fourth-order valence-corrected chi connectivity index (χ4v) is 4.19. The highest BCUT2D eigenvalue weighted by Crippen LogP contribution is 2.44. The maximum Gasteiger partial charge on any atom is 0.308 e. The molecule has 0 bridgehead atoms. The SMILES string of the molecule is CC1CCCCC1C(=O)N1C[C@H](C(=O)O)[C@@H](C2CC2)C1. The Morgan fingerprint density at radius 1 is 1.00 bits per heavy atom. The Kier molecular flexibility index (Phi) is 3.74. The molecule has 4 heteroatoms. The molecular weight excluding hydrogens is 254 g/mol. The van der Waals surface area contributed by atoms with Crippen LogP contribution in [0.5, 0.6) is 0 Å². The third kappa shape index (κ3) is 2.57. The largest absolute Gasteiger partial charge is 0.481 e. The summed E-state index contributed by atoms with van der Waals surface area (Å²) in [5.74, 6) is 0.537. The first kappa shape index (κ1) is 13.9. The van der Waals surface area contributed by atoms with Crippen molar-refractivity contribution in [1.29, 1.82) is 0 Å². The number of rotatable bonds is 3. The molecule has 1 saturated heterocycles. The molecule has 20 heavy (non-hydrogen) atoms. The minimum atomic E-state index is -0.714. The summed E-state index contributed by atoms with van der Waals surface area (Å²) in [5.41, 5.74) is 0. The maximum atomic E-state index is 12.7. The summed E-state index contributed by atoms with van der Waals surface area (Å²) < 4.78 is 0. The van der Waals surface area contributed by atoms with Gasteiger partial charge in [-0.2, -0.15) is 0 Å². The summed E-state index contributed by atoms with van der Waals surface area (Å²) in [6, 6.07) is 0. The normalized spacial score (nSPS) is 38.0. The summed E-state index contributed by atoms with van der Waals surface area (Å²) in [5, 5.41) is 9.38. The Balaban J connectivity index is 1.68. The number of carboxylic acids is 1. The van der Waals surface area contributed by atoms with E-state index in [1.54, 1.807) is 0 Å². The van der Waals surface area contributed by atoms with Crippen LogP contribution >= 0.6 is 0 Å². The molecule has 0 radical (unpaired) electrons. The molecule has 3 rings (SSSR count). The highest BCUT2D eigenvalue weighted by Gasteiger charge is 2.48. The van der Waals surface area contributed by atoms with Crippen molar-refractivity contribution in [3.05, 3.63) is 0 Å². The van der Waals surface area contributed by atoms with Crippen LogP contribution in [0.15, 0.2) is 0 Å². The number of aliphatic carboxylic acids is 1. The van der Waals surface area contributed by atoms with Gasteiger partial charge in [0, 0.05) is 19.0 Å². The van der Waals surface area contributed by atoms with Crippen LogP contribution in [0.25, 0.3) is 0 Å². The van der Waals surface area contributed by atoms with Gasteiger partial charge in [-0.15, -0.1) is 0 Å². The van der Waals surface area contributed by atoms with E-state index < -0.39 is 5.97 Å². The number of carboxylic acid groups (broad SMARTS) is 1. The summed E-state index contributed by atoms with van der Waals surface area (Å²) in [6.07, 6.45) is 6.80. The molecule has 1 amide bonds. The molecular formula is C16H25NO3. The van der Waals surface area contributed by atoms with Gasteiger partial charge in [-0.25, -0.2) is 0 Å². The second-order valence-electron chi connectivity index (χ2n) is 7.06. The number of nitrogens with zero attached hydrogens (tertiary/aromatic N) is 1. The van der Waals surface area contributed by atoms with Gasteiger partial charge in [0.05, 0.1) is 5.92 Å². The van der Waals surface area contributed by atoms with Crippen LogP contribution in [-0.4, -0.2) is 35.0 Å². The van der Waals surface area contributed by atoms with Crippen molar-refractivity contribution >= 4 is 11.9 Å². The lowest BCUT2D eigenvalue weighted by Crippen LogP contribution is -2.39. The summed E-state index contributed by atoms with van der Waals surface area (Å²) in [7, 11) is 0. The highest BCUT2D eigenvalue weighted by atomic mass is 16.4. The lowest BCUT2D eigenvalue weighted by molar-refractivity contribution is -0.143. The maximum absolute atomic E-state index is 12.7. The Hall–Kier alpha value is -1.06. The predicted molar refractivity (Wildman–Crippen MR) is 75.0 cm³/mol. The smallest absolute Gasteiger partial charge is 0.308 e. The molecule has 1 aliphatic heterocycles. The van der Waals surface area contributed by atoms with Crippen molar-refractivity contribution < 1.29 is 14.7 Å². The van der Waals surface area contributed by atoms with Gasteiger partial charge in [0.25, 0.3) is 0 Å². The fraction of sp³-hybridized carbons (Fsp3) is 0.875. The van der Waals surface area contributed by atoms with Gasteiger partial charge in [0.15, 0.2) is 0 Å². The molecule has 112 valence electrons. The number of likely N-dealkylation sites (tertiary alicyclic amines) is 1. The lowest BCUT2D eigenvalue weighted by Gasteiger charge is -2.31. The molecule has 3 aliphatic rings. The van der Waals surface area contributed by atoms with Crippen LogP contribution < -0.4 is 0 Å². The van der Waals surface area contributed by atoms with Crippen molar-refractivity contribution in [3.8, 4) is 0 Å². The van der Waals surface area contributed by atoms with Crippen LogP contribution in [0.1, 0.15) is 45.4 Å². The molecule has 0 spiro atoms. The predicted octanol–water partition coefficient (Wildman–Crippen LogP) is 2.38. The number of hydrogen-bond acceptors (Lipinski definition) is 2. The standard InChI is InChI=1S/C16H25NO3/c1-10-4-2-3-5-12(10)15(18)17-8-13(11-6-7-11)14(9-17)16(19)20/h10-14H,2-9H2,1H3,(H,19,20)/t10?,12?,13-,14+/m1/s1. The van der Waals surface area contributed by atoms with Crippen LogP contribution in [0.4, 0.5) is 0 Å². The van der Waals surface area contributed by atoms with Crippen molar-refractivity contribution in [2.75, 3.05) is 13.1 Å². The van der Waals surface area contributed by atoms with E-state index in [-0.39, 0.29) is 23.7 Å². The molecule has 0 aromatic heterocycles. The third-order valence-electron chi connectivity index (χ3n) is 5.65. The van der Waals surface area contributed by atoms with Gasteiger partial charge in [-0.05, 0) is 43.4 Å². The molecule has 1 heterocycles. The van der Waals surface area contributed by atoms with Crippen LogP contribution in [0.2, 0.25) is 0 Å². The van der Waals surface area contributed by atoms with E-state index in [2.05, 4.69) is 6.92 Å². The van der Waals surface area contributed by atoms with E-state index >= 15 is 0 Å². The second-order valence-corrected chi connectivity index (χ2v) is 7.06. The van der Waals surface area contributed by atoms with E-state index in [4.69, 9.17) is 0 Å². The van der Waals surface area contributed by atoms with Gasteiger partial charge in [0.2, 0.25) is 5.91 Å². The molecule has 2 aliphatic carbocycles. The summed E-state index contributed by atoms with van der Waals surface area (Å²) in [4.78, 5) is 26.0. The van der Waals surface area contributed by atoms with Gasteiger partial charge in [-0.3, -0.25) is 9.59 Å². The molecule has 2 unspecified atom stereocenters. The van der Waals surface area contributed by atoms with E-state index in [1.807, 2.05) is 4.90 Å².